The number of aromatic nitrogens is 1. The van der Waals surface area contributed by atoms with Crippen LogP contribution in [-0.2, 0) is 27.2 Å². The summed E-state index contributed by atoms with van der Waals surface area (Å²) in [6, 6.07) is 13.6. The molecule has 1 atom stereocenters. The summed E-state index contributed by atoms with van der Waals surface area (Å²) < 4.78 is 5.38. The number of aryl methyl sites for hydroxylation is 2. The first-order valence-corrected chi connectivity index (χ1v) is 14.4. The van der Waals surface area contributed by atoms with E-state index in [2.05, 4.69) is 44.8 Å². The van der Waals surface area contributed by atoms with Gasteiger partial charge >= 0.3 is 0 Å². The maximum absolute atomic E-state index is 13.3. The van der Waals surface area contributed by atoms with Gasteiger partial charge in [-0.1, -0.05) is 31.0 Å². The molecule has 214 valence electrons. The third-order valence-electron chi connectivity index (χ3n) is 7.72. The van der Waals surface area contributed by atoms with Gasteiger partial charge in [0.05, 0.1) is 13.5 Å². The number of anilines is 1. The molecule has 1 aliphatic heterocycles. The lowest BCUT2D eigenvalue weighted by Gasteiger charge is -2.31. The van der Waals surface area contributed by atoms with E-state index in [4.69, 9.17) is 4.74 Å². The smallest absolute Gasteiger partial charge is 0.242 e. The van der Waals surface area contributed by atoms with Crippen LogP contribution < -0.4 is 20.3 Å². The minimum absolute atomic E-state index is 0.164. The van der Waals surface area contributed by atoms with Crippen LogP contribution in [0.3, 0.4) is 0 Å². The first kappa shape index (κ1) is 29.2. The highest BCUT2D eigenvalue weighted by Gasteiger charge is 2.23. The van der Waals surface area contributed by atoms with E-state index in [0.29, 0.717) is 19.4 Å². The van der Waals surface area contributed by atoms with E-state index < -0.39 is 6.04 Å². The Labute approximate surface area is 236 Å². The highest BCUT2D eigenvalue weighted by molar-refractivity contribution is 5.93. The lowest BCUT2D eigenvalue weighted by atomic mass is 10.0. The molecule has 0 aliphatic carbocycles. The highest BCUT2D eigenvalue weighted by atomic mass is 16.5. The number of hydrogen-bond acceptors (Lipinski definition) is 5. The number of rotatable bonds is 14. The molecule has 1 unspecified atom stereocenters. The Bertz CT molecular complexity index is 1330. The maximum atomic E-state index is 13.3. The molecule has 2 amide bonds. The fourth-order valence-electron chi connectivity index (χ4n) is 5.57. The Morgan fingerprint density at radius 3 is 2.73 bits per heavy atom. The molecule has 3 N–H and O–H groups in total. The molecule has 8 nitrogen and oxygen atoms in total. The molecule has 1 aliphatic rings. The Hall–Kier alpha value is -3.81. The number of benzene rings is 2. The highest BCUT2D eigenvalue weighted by Crippen LogP contribution is 2.27. The van der Waals surface area contributed by atoms with E-state index in [1.165, 1.54) is 11.3 Å². The molecule has 0 spiro atoms. The number of Topliss-reactive ketones (excluding diaryl/α,β-unsaturated/α-hetero) is 1. The van der Waals surface area contributed by atoms with Crippen molar-refractivity contribution in [2.24, 2.45) is 0 Å². The first-order chi connectivity index (χ1) is 19.4. The van der Waals surface area contributed by atoms with E-state index in [0.717, 1.165) is 73.1 Å². The number of unbranched alkanes of at least 4 members (excludes halogenated alkanes) is 2. The van der Waals surface area contributed by atoms with E-state index in [1.807, 2.05) is 25.1 Å². The Kier molecular flexibility index (Phi) is 10.2. The summed E-state index contributed by atoms with van der Waals surface area (Å²) in [5.41, 5.74) is 5.35. The number of nitrogens with one attached hydrogen (secondary N) is 3. The van der Waals surface area contributed by atoms with Gasteiger partial charge in [-0.25, -0.2) is 0 Å². The number of nitrogens with zero attached hydrogens (tertiary/aromatic N) is 1. The second-order valence-electron chi connectivity index (χ2n) is 10.7. The van der Waals surface area contributed by atoms with Crippen LogP contribution >= 0.6 is 0 Å². The number of carbonyl (C=O) groups is 3. The average molecular weight is 547 g/mol. The fourth-order valence-corrected chi connectivity index (χ4v) is 5.57. The molecule has 4 rings (SSSR count). The number of carbonyl (C=O) groups excluding carboxylic acids is 3. The molecule has 0 saturated heterocycles. The summed E-state index contributed by atoms with van der Waals surface area (Å²) in [6.45, 7) is 5.74. The summed E-state index contributed by atoms with van der Waals surface area (Å²) in [5.74, 6) is 0.545. The van der Waals surface area contributed by atoms with Crippen LogP contribution in [0, 0.1) is 6.92 Å². The van der Waals surface area contributed by atoms with Crippen LogP contribution in [0.15, 0.2) is 42.5 Å². The lowest BCUT2D eigenvalue weighted by Crippen LogP contribution is -2.49. The van der Waals surface area contributed by atoms with E-state index in [9.17, 15) is 14.4 Å². The summed E-state index contributed by atoms with van der Waals surface area (Å²) in [5, 5.41) is 7.01. The van der Waals surface area contributed by atoms with Gasteiger partial charge in [-0.05, 0) is 74.9 Å². The van der Waals surface area contributed by atoms with Crippen LogP contribution in [0.5, 0.6) is 5.75 Å². The molecule has 1 aromatic heterocycles. The third kappa shape index (κ3) is 7.64. The summed E-state index contributed by atoms with van der Waals surface area (Å²) in [7, 11) is 1.62. The molecule has 0 bridgehead atoms. The van der Waals surface area contributed by atoms with Gasteiger partial charge in [-0.2, -0.15) is 0 Å². The van der Waals surface area contributed by atoms with Gasteiger partial charge in [0.1, 0.15) is 17.6 Å². The Balaban J connectivity index is 1.37. The number of para-hydroxylation sites is 1. The second kappa shape index (κ2) is 14.0. The second-order valence-corrected chi connectivity index (χ2v) is 10.7. The van der Waals surface area contributed by atoms with Gasteiger partial charge in [0.2, 0.25) is 11.8 Å². The minimum Gasteiger partial charge on any atom is -0.497 e. The quantitative estimate of drug-likeness (QED) is 0.256. The van der Waals surface area contributed by atoms with Gasteiger partial charge in [-0.15, -0.1) is 0 Å². The number of aromatic amines is 1. The Morgan fingerprint density at radius 2 is 1.93 bits per heavy atom. The van der Waals surface area contributed by atoms with Crippen molar-refractivity contribution >= 4 is 34.2 Å². The molecule has 0 radical (unpaired) electrons. The van der Waals surface area contributed by atoms with Crippen molar-refractivity contribution in [2.45, 2.75) is 71.3 Å². The van der Waals surface area contributed by atoms with Crippen LogP contribution in [-0.4, -0.2) is 55.4 Å². The van der Waals surface area contributed by atoms with Crippen molar-refractivity contribution in [1.29, 1.82) is 0 Å². The van der Waals surface area contributed by atoms with Gasteiger partial charge < -0.3 is 30.0 Å². The van der Waals surface area contributed by atoms with Crippen molar-refractivity contribution in [3.05, 3.63) is 59.3 Å². The fraction of sp³-hybridized carbons (Fsp3) is 0.469. The van der Waals surface area contributed by atoms with Crippen molar-refractivity contribution < 1.29 is 19.1 Å². The number of ketones is 1. The van der Waals surface area contributed by atoms with Gasteiger partial charge in [0, 0.05) is 48.3 Å². The molecule has 40 heavy (non-hydrogen) atoms. The number of methoxy groups -OCH3 is 1. The monoisotopic (exact) mass is 546 g/mol. The summed E-state index contributed by atoms with van der Waals surface area (Å²) in [6.07, 6.45) is 5.81. The first-order valence-electron chi connectivity index (χ1n) is 14.4. The van der Waals surface area contributed by atoms with Gasteiger partial charge in [0.25, 0.3) is 0 Å². The van der Waals surface area contributed by atoms with Crippen molar-refractivity contribution in [3.8, 4) is 5.75 Å². The van der Waals surface area contributed by atoms with E-state index >= 15 is 0 Å². The van der Waals surface area contributed by atoms with Crippen LogP contribution in [0.25, 0.3) is 10.9 Å². The minimum atomic E-state index is -0.626. The molecular formula is C32H42N4O4. The molecule has 8 heteroatoms. The molecular weight excluding hydrogens is 504 g/mol. The number of H-pyrrole nitrogens is 1. The Morgan fingerprint density at radius 1 is 1.10 bits per heavy atom. The zero-order valence-corrected chi connectivity index (χ0v) is 24.0. The van der Waals surface area contributed by atoms with Crippen molar-refractivity contribution in [2.75, 3.05) is 31.6 Å². The molecule has 0 fully saturated rings. The van der Waals surface area contributed by atoms with Gasteiger partial charge in [0.15, 0.2) is 0 Å². The maximum Gasteiger partial charge on any atom is 0.242 e. The SMILES string of the molecule is COc1ccc2[nH]c(C)c(CC(=O)NC(CCCCCC(C)=O)C(=O)NCCN3CCCc4ccccc43)c2c1. The zero-order chi connectivity index (χ0) is 28.5. The average Bonchev–Trinajstić information content (AvgIpc) is 3.25. The lowest BCUT2D eigenvalue weighted by molar-refractivity contribution is -0.128. The molecule has 3 aromatic rings. The van der Waals surface area contributed by atoms with E-state index in [-0.39, 0.29) is 24.0 Å². The standard InChI is InChI=1S/C32H42N4O4/c1-22(37)10-5-4-6-13-29(32(39)33-17-19-36-18-9-12-24-11-7-8-14-30(24)36)35-31(38)21-26-23(2)34-28-16-15-25(40-3)20-27(26)28/h7-8,11,14-16,20,29,34H,4-6,9-10,12-13,17-19,21H2,1-3H3,(H,33,39)(H,35,38). The summed E-state index contributed by atoms with van der Waals surface area (Å²) >= 11 is 0. The molecule has 0 saturated carbocycles. The van der Waals surface area contributed by atoms with Crippen LogP contribution in [0.1, 0.15) is 62.3 Å². The zero-order valence-electron chi connectivity index (χ0n) is 24.0. The predicted molar refractivity (Wildman–Crippen MR) is 159 cm³/mol. The van der Waals surface area contributed by atoms with Gasteiger partial charge in [-0.3, -0.25) is 9.59 Å². The van der Waals surface area contributed by atoms with Crippen LogP contribution in [0.2, 0.25) is 0 Å². The van der Waals surface area contributed by atoms with Crippen LogP contribution in [0.4, 0.5) is 5.69 Å². The third-order valence-corrected chi connectivity index (χ3v) is 7.72. The van der Waals surface area contributed by atoms with Crippen molar-refractivity contribution in [1.82, 2.24) is 15.6 Å². The number of fused-ring (bicyclic) bond motifs is 2. The largest absolute Gasteiger partial charge is 0.497 e. The van der Waals surface area contributed by atoms with Crippen molar-refractivity contribution in [3.63, 3.8) is 0 Å². The predicted octanol–water partition coefficient (Wildman–Crippen LogP) is 4.62. The van der Waals surface area contributed by atoms with E-state index in [1.54, 1.807) is 14.0 Å². The molecule has 2 heterocycles. The number of hydrogen-bond donors (Lipinski definition) is 3. The number of amides is 2. The summed E-state index contributed by atoms with van der Waals surface area (Å²) in [4.78, 5) is 43.5. The molecule has 2 aromatic carbocycles. The normalized spacial score (nSPS) is 13.5. The number of ether oxygens (including phenoxy) is 1. The topological polar surface area (TPSA) is 104 Å².